The number of nitrogens with two attached hydrogens (primary N) is 1. The summed E-state index contributed by atoms with van der Waals surface area (Å²) in [4.78, 5) is 19.9. The van der Waals surface area contributed by atoms with Gasteiger partial charge in [0.05, 0.1) is 11.9 Å². The van der Waals surface area contributed by atoms with Crippen LogP contribution < -0.4 is 11.3 Å². The Morgan fingerprint density at radius 1 is 1.30 bits per heavy atom. The van der Waals surface area contributed by atoms with Crippen LogP contribution in [0.3, 0.4) is 0 Å². The average Bonchev–Trinajstić information content (AvgIpc) is 3.17. The highest BCUT2D eigenvalue weighted by molar-refractivity contribution is 5.75. The minimum atomic E-state index is -0.127. The second-order valence-electron chi connectivity index (χ2n) is 6.26. The predicted octanol–water partition coefficient (Wildman–Crippen LogP) is 2.42. The van der Waals surface area contributed by atoms with E-state index >= 15 is 0 Å². The second kappa shape index (κ2) is 5.53. The number of fused-ring (bicyclic) bond motifs is 1. The highest BCUT2D eigenvalue weighted by atomic mass is 16.1. The average molecular weight is 309 g/mol. The third-order valence-corrected chi connectivity index (χ3v) is 4.56. The summed E-state index contributed by atoms with van der Waals surface area (Å²) in [5, 5.41) is 4.82. The summed E-state index contributed by atoms with van der Waals surface area (Å²) in [5.74, 6) is 1.37. The third-order valence-electron chi connectivity index (χ3n) is 4.56. The molecule has 1 aliphatic rings. The smallest absolute Gasteiger partial charge is 0.262 e. The van der Waals surface area contributed by atoms with Crippen LogP contribution in [0.2, 0.25) is 0 Å². The standard InChI is InChI=1S/C17H19N5O/c18-12-6-3-7-13(9-12)22-16-14(10-19-22)17(23)21-15(20-16)8-11-4-1-2-5-11/h3,6-7,9-11H,1-2,4-5,8,18H2,(H,20,21,23). The van der Waals surface area contributed by atoms with E-state index in [4.69, 9.17) is 5.73 Å². The Morgan fingerprint density at radius 2 is 2.13 bits per heavy atom. The van der Waals surface area contributed by atoms with E-state index in [1.165, 1.54) is 25.7 Å². The molecule has 0 spiro atoms. The summed E-state index contributed by atoms with van der Waals surface area (Å²) in [5.41, 5.74) is 7.78. The van der Waals surface area contributed by atoms with Crippen molar-refractivity contribution in [2.75, 3.05) is 5.73 Å². The maximum atomic E-state index is 12.3. The molecule has 23 heavy (non-hydrogen) atoms. The Bertz CT molecular complexity index is 905. The van der Waals surface area contributed by atoms with Crippen molar-refractivity contribution < 1.29 is 0 Å². The first-order valence-corrected chi connectivity index (χ1v) is 8.03. The fraction of sp³-hybridized carbons (Fsp3) is 0.353. The molecular formula is C17H19N5O. The molecule has 1 aliphatic carbocycles. The zero-order valence-corrected chi connectivity index (χ0v) is 12.8. The van der Waals surface area contributed by atoms with E-state index in [9.17, 15) is 4.79 Å². The first kappa shape index (κ1) is 14.0. The number of benzene rings is 1. The predicted molar refractivity (Wildman–Crippen MR) is 89.6 cm³/mol. The van der Waals surface area contributed by atoms with Crippen molar-refractivity contribution >= 4 is 16.7 Å². The maximum absolute atomic E-state index is 12.3. The lowest BCUT2D eigenvalue weighted by atomic mass is 10.0. The van der Waals surface area contributed by atoms with Gasteiger partial charge >= 0.3 is 0 Å². The summed E-state index contributed by atoms with van der Waals surface area (Å²) in [6.07, 6.45) is 7.38. The van der Waals surface area contributed by atoms with Gasteiger partial charge in [-0.05, 0) is 24.1 Å². The number of nitrogens with one attached hydrogen (secondary N) is 1. The molecule has 1 fully saturated rings. The van der Waals surface area contributed by atoms with Crippen LogP contribution in [0.25, 0.3) is 16.7 Å². The van der Waals surface area contributed by atoms with Crippen LogP contribution >= 0.6 is 0 Å². The number of rotatable bonds is 3. The number of hydrogen-bond acceptors (Lipinski definition) is 4. The number of anilines is 1. The molecule has 6 nitrogen and oxygen atoms in total. The van der Waals surface area contributed by atoms with E-state index in [1.807, 2.05) is 24.3 Å². The minimum Gasteiger partial charge on any atom is -0.399 e. The van der Waals surface area contributed by atoms with Crippen molar-refractivity contribution in [1.29, 1.82) is 0 Å². The molecule has 4 rings (SSSR count). The van der Waals surface area contributed by atoms with E-state index in [0.717, 1.165) is 17.9 Å². The molecule has 2 aromatic heterocycles. The maximum Gasteiger partial charge on any atom is 0.262 e. The lowest BCUT2D eigenvalue weighted by Crippen LogP contribution is -2.14. The fourth-order valence-corrected chi connectivity index (χ4v) is 3.39. The number of aromatic amines is 1. The first-order chi connectivity index (χ1) is 11.2. The number of nitrogen functional groups attached to an aromatic ring is 1. The molecule has 0 atom stereocenters. The molecule has 6 heteroatoms. The van der Waals surface area contributed by atoms with Gasteiger partial charge in [-0.25, -0.2) is 9.67 Å². The van der Waals surface area contributed by atoms with Gasteiger partial charge in [-0.2, -0.15) is 5.10 Å². The number of H-pyrrole nitrogens is 1. The summed E-state index contributed by atoms with van der Waals surface area (Å²) in [7, 11) is 0. The van der Waals surface area contributed by atoms with Gasteiger partial charge in [0.25, 0.3) is 5.56 Å². The van der Waals surface area contributed by atoms with Crippen LogP contribution in [0.5, 0.6) is 0 Å². The molecule has 0 aliphatic heterocycles. The molecule has 1 saturated carbocycles. The monoisotopic (exact) mass is 309 g/mol. The van der Waals surface area contributed by atoms with Crippen LogP contribution in [0.1, 0.15) is 31.5 Å². The number of hydrogen-bond donors (Lipinski definition) is 2. The molecule has 0 bridgehead atoms. The Morgan fingerprint density at radius 3 is 2.91 bits per heavy atom. The van der Waals surface area contributed by atoms with Crippen LogP contribution in [-0.2, 0) is 6.42 Å². The molecule has 2 heterocycles. The van der Waals surface area contributed by atoms with E-state index in [-0.39, 0.29) is 5.56 Å². The lowest BCUT2D eigenvalue weighted by Gasteiger charge is -2.09. The SMILES string of the molecule is Nc1cccc(-n2ncc3c(=O)[nH]c(CC4CCCC4)nc32)c1. The molecule has 1 aromatic carbocycles. The molecule has 118 valence electrons. The van der Waals surface area contributed by atoms with Gasteiger partial charge in [0.2, 0.25) is 0 Å². The lowest BCUT2D eigenvalue weighted by molar-refractivity contribution is 0.530. The van der Waals surface area contributed by atoms with Crippen LogP contribution in [0.15, 0.2) is 35.3 Å². The Kier molecular flexibility index (Phi) is 3.37. The van der Waals surface area contributed by atoms with Gasteiger partial charge in [-0.15, -0.1) is 0 Å². The normalized spacial score (nSPS) is 15.5. The molecule has 3 aromatic rings. The third kappa shape index (κ3) is 2.60. The minimum absolute atomic E-state index is 0.127. The molecule has 0 amide bonds. The molecule has 0 saturated heterocycles. The van der Waals surface area contributed by atoms with Gasteiger partial charge in [0, 0.05) is 12.1 Å². The van der Waals surface area contributed by atoms with Gasteiger partial charge in [-0.3, -0.25) is 4.79 Å². The van der Waals surface area contributed by atoms with Gasteiger partial charge in [0.15, 0.2) is 5.65 Å². The van der Waals surface area contributed by atoms with Crippen LogP contribution in [-0.4, -0.2) is 19.7 Å². The van der Waals surface area contributed by atoms with Crippen molar-refractivity contribution in [1.82, 2.24) is 19.7 Å². The highest BCUT2D eigenvalue weighted by Crippen LogP contribution is 2.27. The van der Waals surface area contributed by atoms with Crippen LogP contribution in [0.4, 0.5) is 5.69 Å². The highest BCUT2D eigenvalue weighted by Gasteiger charge is 2.18. The molecular weight excluding hydrogens is 290 g/mol. The first-order valence-electron chi connectivity index (χ1n) is 8.03. The number of nitrogens with zero attached hydrogens (tertiary/aromatic N) is 3. The van der Waals surface area contributed by atoms with Gasteiger partial charge < -0.3 is 10.7 Å². The van der Waals surface area contributed by atoms with E-state index in [2.05, 4.69) is 15.1 Å². The van der Waals surface area contributed by atoms with Crippen LogP contribution in [0, 0.1) is 5.92 Å². The number of aromatic nitrogens is 4. The topological polar surface area (TPSA) is 89.6 Å². The molecule has 0 unspecified atom stereocenters. The molecule has 0 radical (unpaired) electrons. The second-order valence-corrected chi connectivity index (χ2v) is 6.26. The Hall–Kier alpha value is -2.63. The Labute approximate surface area is 133 Å². The quantitative estimate of drug-likeness (QED) is 0.727. The summed E-state index contributed by atoms with van der Waals surface area (Å²) in [6.45, 7) is 0. The van der Waals surface area contributed by atoms with E-state index in [0.29, 0.717) is 22.6 Å². The zero-order chi connectivity index (χ0) is 15.8. The zero-order valence-electron chi connectivity index (χ0n) is 12.8. The van der Waals surface area contributed by atoms with Crippen molar-refractivity contribution in [2.24, 2.45) is 5.92 Å². The van der Waals surface area contributed by atoms with Crippen molar-refractivity contribution in [3.63, 3.8) is 0 Å². The Balaban J connectivity index is 1.80. The van der Waals surface area contributed by atoms with Crippen molar-refractivity contribution in [2.45, 2.75) is 32.1 Å². The molecule has 3 N–H and O–H groups in total. The van der Waals surface area contributed by atoms with E-state index < -0.39 is 0 Å². The van der Waals surface area contributed by atoms with Crippen molar-refractivity contribution in [3.8, 4) is 5.69 Å². The van der Waals surface area contributed by atoms with Gasteiger partial charge in [-0.1, -0.05) is 31.7 Å². The largest absolute Gasteiger partial charge is 0.399 e. The van der Waals surface area contributed by atoms with Gasteiger partial charge in [0.1, 0.15) is 11.2 Å². The summed E-state index contributed by atoms with van der Waals surface area (Å²) < 4.78 is 1.68. The van der Waals surface area contributed by atoms with E-state index in [1.54, 1.807) is 10.9 Å². The summed E-state index contributed by atoms with van der Waals surface area (Å²) >= 11 is 0. The summed E-state index contributed by atoms with van der Waals surface area (Å²) in [6, 6.07) is 7.42. The fourth-order valence-electron chi connectivity index (χ4n) is 3.39. The van der Waals surface area contributed by atoms with Crippen molar-refractivity contribution in [3.05, 3.63) is 46.6 Å².